The van der Waals surface area contributed by atoms with Gasteiger partial charge >= 0.3 is 0 Å². The second kappa shape index (κ2) is 7.53. The molecular weight excluding hydrogens is 306 g/mol. The van der Waals surface area contributed by atoms with E-state index in [-0.39, 0.29) is 35.6 Å². The SMILES string of the molecule is Cc1ccc([N+](=O)[O-])cc1S(=O)(=O)NCCC(C)N.Cl. The molecule has 0 spiro atoms. The first-order chi connectivity index (χ1) is 8.74. The van der Waals surface area contributed by atoms with Crippen LogP contribution in [0.5, 0.6) is 0 Å². The lowest BCUT2D eigenvalue weighted by molar-refractivity contribution is -0.385. The number of hydrogen-bond donors (Lipinski definition) is 2. The second-order valence-corrected chi connectivity index (χ2v) is 6.11. The molecule has 9 heteroatoms. The van der Waals surface area contributed by atoms with Crippen molar-refractivity contribution >= 4 is 28.1 Å². The molecule has 114 valence electrons. The lowest BCUT2D eigenvalue weighted by atomic mass is 10.2. The number of hydrogen-bond acceptors (Lipinski definition) is 5. The summed E-state index contributed by atoms with van der Waals surface area (Å²) >= 11 is 0. The summed E-state index contributed by atoms with van der Waals surface area (Å²) in [4.78, 5) is 9.97. The Hall–Kier alpha value is -1.22. The van der Waals surface area contributed by atoms with E-state index in [9.17, 15) is 18.5 Å². The molecule has 0 aliphatic rings. The molecular formula is C11H18ClN3O4S. The van der Waals surface area contributed by atoms with Crippen molar-refractivity contribution in [2.75, 3.05) is 6.54 Å². The molecule has 3 N–H and O–H groups in total. The monoisotopic (exact) mass is 323 g/mol. The van der Waals surface area contributed by atoms with Gasteiger partial charge in [0.05, 0.1) is 9.82 Å². The number of nitro benzene ring substituents is 1. The van der Waals surface area contributed by atoms with Crippen LogP contribution in [0.15, 0.2) is 23.1 Å². The van der Waals surface area contributed by atoms with Crippen LogP contribution in [0.2, 0.25) is 0 Å². The Bertz CT molecular complexity index is 575. The van der Waals surface area contributed by atoms with Crippen molar-refractivity contribution in [3.05, 3.63) is 33.9 Å². The average molecular weight is 324 g/mol. The van der Waals surface area contributed by atoms with Crippen molar-refractivity contribution < 1.29 is 13.3 Å². The van der Waals surface area contributed by atoms with E-state index in [0.717, 1.165) is 6.07 Å². The maximum atomic E-state index is 12.0. The number of nitrogens with two attached hydrogens (primary N) is 1. The van der Waals surface area contributed by atoms with Crippen molar-refractivity contribution in [3.63, 3.8) is 0 Å². The smallest absolute Gasteiger partial charge is 0.270 e. The summed E-state index contributed by atoms with van der Waals surface area (Å²) in [5.74, 6) is 0. The number of rotatable bonds is 6. The Morgan fingerprint density at radius 2 is 2.05 bits per heavy atom. The number of halogens is 1. The molecule has 0 bridgehead atoms. The van der Waals surface area contributed by atoms with Gasteiger partial charge in [0.1, 0.15) is 0 Å². The van der Waals surface area contributed by atoms with Crippen LogP contribution in [-0.2, 0) is 10.0 Å². The topological polar surface area (TPSA) is 115 Å². The molecule has 1 atom stereocenters. The minimum Gasteiger partial charge on any atom is -0.328 e. The van der Waals surface area contributed by atoms with E-state index in [0.29, 0.717) is 12.0 Å². The van der Waals surface area contributed by atoms with Crippen LogP contribution in [0.25, 0.3) is 0 Å². The van der Waals surface area contributed by atoms with Crippen LogP contribution in [0.4, 0.5) is 5.69 Å². The minimum absolute atomic E-state index is 0. The number of non-ortho nitro benzene ring substituents is 1. The van der Waals surface area contributed by atoms with E-state index in [1.807, 2.05) is 0 Å². The quantitative estimate of drug-likeness (QED) is 0.605. The summed E-state index contributed by atoms with van der Waals surface area (Å²) in [6.07, 6.45) is 0.493. The Balaban J connectivity index is 0.00000361. The van der Waals surface area contributed by atoms with Gasteiger partial charge in [-0.2, -0.15) is 0 Å². The fraction of sp³-hybridized carbons (Fsp3) is 0.455. The molecule has 0 saturated carbocycles. The highest BCUT2D eigenvalue weighted by atomic mass is 35.5. The molecule has 0 saturated heterocycles. The van der Waals surface area contributed by atoms with E-state index in [4.69, 9.17) is 5.73 Å². The molecule has 0 amide bonds. The van der Waals surface area contributed by atoms with E-state index in [2.05, 4.69) is 4.72 Å². The first-order valence-electron chi connectivity index (χ1n) is 5.74. The Morgan fingerprint density at radius 1 is 1.45 bits per heavy atom. The van der Waals surface area contributed by atoms with Crippen LogP contribution in [0.3, 0.4) is 0 Å². The molecule has 0 aliphatic heterocycles. The van der Waals surface area contributed by atoms with Crippen molar-refractivity contribution in [2.45, 2.75) is 31.2 Å². The minimum atomic E-state index is -3.75. The Morgan fingerprint density at radius 3 is 2.55 bits per heavy atom. The first-order valence-corrected chi connectivity index (χ1v) is 7.22. The van der Waals surface area contributed by atoms with E-state index in [1.54, 1.807) is 13.8 Å². The molecule has 20 heavy (non-hydrogen) atoms. The van der Waals surface area contributed by atoms with Crippen molar-refractivity contribution in [1.29, 1.82) is 0 Å². The zero-order chi connectivity index (χ0) is 14.6. The molecule has 0 radical (unpaired) electrons. The first kappa shape index (κ1) is 18.8. The standard InChI is InChI=1S/C11H17N3O4S.ClH/c1-8-3-4-10(14(15)16)7-11(8)19(17,18)13-6-5-9(2)12;/h3-4,7,9,13H,5-6,12H2,1-2H3;1H. The van der Waals surface area contributed by atoms with E-state index in [1.165, 1.54) is 12.1 Å². The number of nitrogens with zero attached hydrogens (tertiary/aromatic N) is 1. The summed E-state index contributed by atoms with van der Waals surface area (Å²) in [6, 6.07) is 3.63. The molecule has 0 aliphatic carbocycles. The Kier molecular flexibility index (Phi) is 7.07. The predicted octanol–water partition coefficient (Wildman–Crippen LogP) is 1.34. The van der Waals surface area contributed by atoms with E-state index >= 15 is 0 Å². The fourth-order valence-electron chi connectivity index (χ4n) is 1.49. The zero-order valence-corrected chi connectivity index (χ0v) is 12.8. The van der Waals surface area contributed by atoms with Gasteiger partial charge in [0, 0.05) is 24.7 Å². The summed E-state index contributed by atoms with van der Waals surface area (Å²) in [7, 11) is -3.75. The highest BCUT2D eigenvalue weighted by Gasteiger charge is 2.20. The maximum absolute atomic E-state index is 12.0. The third kappa shape index (κ3) is 5.04. The summed E-state index contributed by atoms with van der Waals surface area (Å²) in [5, 5.41) is 10.7. The van der Waals surface area contributed by atoms with Gasteiger partial charge in [0.15, 0.2) is 0 Å². The summed E-state index contributed by atoms with van der Waals surface area (Å²) in [5.41, 5.74) is 5.74. The fourth-order valence-corrected chi connectivity index (χ4v) is 2.80. The van der Waals surface area contributed by atoms with Gasteiger partial charge in [-0.1, -0.05) is 6.07 Å². The maximum Gasteiger partial charge on any atom is 0.270 e. The molecule has 1 unspecified atom stereocenters. The van der Waals surface area contributed by atoms with Gasteiger partial charge < -0.3 is 5.73 Å². The number of sulfonamides is 1. The van der Waals surface area contributed by atoms with Crippen molar-refractivity contribution in [1.82, 2.24) is 4.72 Å². The van der Waals surface area contributed by atoms with Crippen LogP contribution in [0.1, 0.15) is 18.9 Å². The highest BCUT2D eigenvalue weighted by molar-refractivity contribution is 7.89. The van der Waals surface area contributed by atoms with Gasteiger partial charge in [-0.15, -0.1) is 12.4 Å². The second-order valence-electron chi connectivity index (χ2n) is 4.37. The van der Waals surface area contributed by atoms with Crippen molar-refractivity contribution in [2.24, 2.45) is 5.73 Å². The van der Waals surface area contributed by atoms with Crippen molar-refractivity contribution in [3.8, 4) is 0 Å². The molecule has 0 fully saturated rings. The zero-order valence-electron chi connectivity index (χ0n) is 11.2. The van der Waals surface area contributed by atoms with Crippen LogP contribution < -0.4 is 10.5 Å². The van der Waals surface area contributed by atoms with Gasteiger partial charge in [-0.25, -0.2) is 13.1 Å². The number of nitro groups is 1. The molecule has 1 aromatic carbocycles. The number of benzene rings is 1. The Labute approximate surface area is 124 Å². The van der Waals surface area contributed by atoms with Gasteiger partial charge in [0.2, 0.25) is 10.0 Å². The van der Waals surface area contributed by atoms with Gasteiger partial charge in [-0.3, -0.25) is 10.1 Å². The predicted molar refractivity (Wildman–Crippen MR) is 78.5 cm³/mol. The van der Waals surface area contributed by atoms with Gasteiger partial charge in [0.25, 0.3) is 5.69 Å². The summed E-state index contributed by atoms with van der Waals surface area (Å²) < 4.78 is 26.5. The number of aryl methyl sites for hydroxylation is 1. The number of nitrogens with one attached hydrogen (secondary N) is 1. The molecule has 0 heterocycles. The molecule has 1 aromatic rings. The van der Waals surface area contributed by atoms with Crippen LogP contribution in [-0.4, -0.2) is 25.9 Å². The van der Waals surface area contributed by atoms with E-state index < -0.39 is 14.9 Å². The van der Waals surface area contributed by atoms with Crippen LogP contribution in [0, 0.1) is 17.0 Å². The average Bonchev–Trinajstić information content (AvgIpc) is 2.28. The third-order valence-corrected chi connectivity index (χ3v) is 4.17. The van der Waals surface area contributed by atoms with Crippen LogP contribution >= 0.6 is 12.4 Å². The molecule has 1 rings (SSSR count). The third-order valence-electron chi connectivity index (χ3n) is 2.56. The molecule has 7 nitrogen and oxygen atoms in total. The lowest BCUT2D eigenvalue weighted by Gasteiger charge is -2.10. The normalized spacial score (nSPS) is 12.6. The lowest BCUT2D eigenvalue weighted by Crippen LogP contribution is -2.29. The largest absolute Gasteiger partial charge is 0.328 e. The summed E-state index contributed by atoms with van der Waals surface area (Å²) in [6.45, 7) is 3.55. The van der Waals surface area contributed by atoms with Gasteiger partial charge in [-0.05, 0) is 25.8 Å². The highest BCUT2D eigenvalue weighted by Crippen LogP contribution is 2.21. The molecule has 0 aromatic heterocycles.